The molecule has 12 heteroatoms. The van der Waals surface area contributed by atoms with E-state index in [1.807, 2.05) is 24.3 Å². The number of nitrogens with zero attached hydrogens (tertiary/aromatic N) is 3. The predicted octanol–water partition coefficient (Wildman–Crippen LogP) is 5.49. The second-order valence-electron chi connectivity index (χ2n) is 8.47. The first kappa shape index (κ1) is 27.0. The van der Waals surface area contributed by atoms with Crippen LogP contribution in [-0.2, 0) is 9.53 Å². The Kier molecular flexibility index (Phi) is 7.52. The van der Waals surface area contributed by atoms with Gasteiger partial charge in [-0.15, -0.1) is 0 Å². The SMILES string of the molecule is CCOC(=O)C1=C(C)N=c2s/c(=C\c3ccc(-c4ccc(Br)cc4[N+](=O)[O-])o3)c(=O)n2[C@@H]1c1ccc(Br)cc1. The molecule has 3 heterocycles. The number of hydrogen-bond acceptors (Lipinski definition) is 8. The highest BCUT2D eigenvalue weighted by atomic mass is 79.9. The number of hydrogen-bond donors (Lipinski definition) is 0. The number of rotatable bonds is 6. The molecule has 0 bridgehead atoms. The van der Waals surface area contributed by atoms with Gasteiger partial charge in [-0.2, -0.15) is 0 Å². The van der Waals surface area contributed by atoms with Gasteiger partial charge in [-0.3, -0.25) is 19.5 Å². The highest BCUT2D eigenvalue weighted by Gasteiger charge is 2.33. The summed E-state index contributed by atoms with van der Waals surface area (Å²) in [7, 11) is 0. The van der Waals surface area contributed by atoms with Crippen molar-refractivity contribution in [3.8, 4) is 11.3 Å². The molecule has 1 aliphatic heterocycles. The van der Waals surface area contributed by atoms with Crippen molar-refractivity contribution in [1.82, 2.24) is 4.57 Å². The number of carbonyl (C=O) groups is 1. The average Bonchev–Trinajstić information content (AvgIpc) is 3.48. The van der Waals surface area contributed by atoms with Crippen LogP contribution in [0, 0.1) is 10.1 Å². The Morgan fingerprint density at radius 1 is 1.18 bits per heavy atom. The Bertz CT molecular complexity index is 1840. The molecule has 1 atom stereocenters. The molecule has 2 aromatic heterocycles. The largest absolute Gasteiger partial charge is 0.463 e. The predicted molar refractivity (Wildman–Crippen MR) is 153 cm³/mol. The number of aromatic nitrogens is 1. The van der Waals surface area contributed by atoms with Crippen molar-refractivity contribution in [2.75, 3.05) is 6.61 Å². The van der Waals surface area contributed by atoms with Gasteiger partial charge in [0.25, 0.3) is 11.2 Å². The Morgan fingerprint density at radius 2 is 1.90 bits per heavy atom. The lowest BCUT2D eigenvalue weighted by Crippen LogP contribution is -2.39. The fourth-order valence-electron chi connectivity index (χ4n) is 4.32. The number of carbonyl (C=O) groups excluding carboxylic acids is 1. The minimum Gasteiger partial charge on any atom is -0.463 e. The van der Waals surface area contributed by atoms with Crippen LogP contribution in [0.5, 0.6) is 0 Å². The first-order chi connectivity index (χ1) is 18.7. The Hall–Kier alpha value is -3.61. The summed E-state index contributed by atoms with van der Waals surface area (Å²) in [6.07, 6.45) is 1.57. The number of nitro benzene ring substituents is 1. The summed E-state index contributed by atoms with van der Waals surface area (Å²) in [5, 5.41) is 11.6. The maximum Gasteiger partial charge on any atom is 0.338 e. The molecule has 0 saturated carbocycles. The third-order valence-electron chi connectivity index (χ3n) is 6.02. The first-order valence-corrected chi connectivity index (χ1v) is 14.1. The molecule has 0 saturated heterocycles. The van der Waals surface area contributed by atoms with Gasteiger partial charge in [0.2, 0.25) is 0 Å². The summed E-state index contributed by atoms with van der Waals surface area (Å²) in [5.41, 5.74) is 1.34. The molecule has 0 fully saturated rings. The summed E-state index contributed by atoms with van der Waals surface area (Å²) in [4.78, 5) is 42.8. The second-order valence-corrected chi connectivity index (χ2v) is 11.3. The van der Waals surface area contributed by atoms with Gasteiger partial charge >= 0.3 is 5.97 Å². The van der Waals surface area contributed by atoms with Crippen LogP contribution >= 0.6 is 43.2 Å². The summed E-state index contributed by atoms with van der Waals surface area (Å²) in [6, 6.07) is 14.6. The molecule has 2 aromatic carbocycles. The summed E-state index contributed by atoms with van der Waals surface area (Å²) in [5.74, 6) is 0.100. The van der Waals surface area contributed by atoms with Gasteiger partial charge in [-0.25, -0.2) is 9.79 Å². The van der Waals surface area contributed by atoms with Crippen LogP contribution in [-0.4, -0.2) is 22.1 Å². The standard InChI is InChI=1S/C27H19Br2N3O6S/c1-3-37-26(34)23-14(2)30-27-31(24(23)15-4-6-16(28)7-5-15)25(33)22(39-27)13-18-9-11-21(38-18)19-10-8-17(29)12-20(19)32(35)36/h4-13,24H,3H2,1-2H3/b22-13-/t24-/m1/s1. The minimum absolute atomic E-state index is 0.110. The van der Waals surface area contributed by atoms with Crippen molar-refractivity contribution in [2.45, 2.75) is 19.9 Å². The van der Waals surface area contributed by atoms with E-state index in [9.17, 15) is 19.7 Å². The van der Waals surface area contributed by atoms with E-state index >= 15 is 0 Å². The lowest BCUT2D eigenvalue weighted by Gasteiger charge is -2.24. The average molecular weight is 673 g/mol. The van der Waals surface area contributed by atoms with Crippen molar-refractivity contribution < 1.29 is 18.9 Å². The molecule has 0 N–H and O–H groups in total. The number of esters is 1. The number of halogens is 2. The molecule has 9 nitrogen and oxygen atoms in total. The molecule has 39 heavy (non-hydrogen) atoms. The molecule has 4 aromatic rings. The Morgan fingerprint density at radius 3 is 2.59 bits per heavy atom. The van der Waals surface area contributed by atoms with Gasteiger partial charge in [0, 0.05) is 21.1 Å². The zero-order valence-electron chi connectivity index (χ0n) is 20.5. The van der Waals surface area contributed by atoms with E-state index < -0.39 is 16.9 Å². The second kappa shape index (κ2) is 10.9. The number of ether oxygens (including phenoxy) is 1. The van der Waals surface area contributed by atoms with E-state index in [-0.39, 0.29) is 17.9 Å². The van der Waals surface area contributed by atoms with E-state index in [0.29, 0.717) is 42.2 Å². The van der Waals surface area contributed by atoms with Gasteiger partial charge in [0.15, 0.2) is 4.80 Å². The van der Waals surface area contributed by atoms with Crippen molar-refractivity contribution in [3.63, 3.8) is 0 Å². The van der Waals surface area contributed by atoms with Gasteiger partial charge in [0.05, 0.1) is 38.9 Å². The van der Waals surface area contributed by atoms with Crippen molar-refractivity contribution in [1.29, 1.82) is 0 Å². The number of benzene rings is 2. The monoisotopic (exact) mass is 671 g/mol. The fraction of sp³-hybridized carbons (Fsp3) is 0.148. The van der Waals surface area contributed by atoms with Crippen molar-refractivity contribution >= 4 is 60.9 Å². The molecular formula is C27H19Br2N3O6S. The molecule has 0 amide bonds. The van der Waals surface area contributed by atoms with Crippen LogP contribution in [0.25, 0.3) is 17.4 Å². The van der Waals surface area contributed by atoms with Gasteiger partial charge in [0.1, 0.15) is 11.5 Å². The molecule has 0 aliphatic carbocycles. The quantitative estimate of drug-likeness (QED) is 0.152. The van der Waals surface area contributed by atoms with Crippen LogP contribution in [0.1, 0.15) is 31.2 Å². The molecular weight excluding hydrogens is 654 g/mol. The highest BCUT2D eigenvalue weighted by Crippen LogP contribution is 2.34. The highest BCUT2D eigenvalue weighted by molar-refractivity contribution is 9.10. The van der Waals surface area contributed by atoms with Crippen LogP contribution < -0.4 is 14.9 Å². The zero-order valence-corrected chi connectivity index (χ0v) is 24.5. The van der Waals surface area contributed by atoms with Gasteiger partial charge in [-0.1, -0.05) is 55.3 Å². The number of thiazole rings is 1. The third kappa shape index (κ3) is 5.19. The Balaban J connectivity index is 1.63. The van der Waals surface area contributed by atoms with Crippen LogP contribution in [0.4, 0.5) is 5.69 Å². The molecule has 0 unspecified atom stereocenters. The van der Waals surface area contributed by atoms with Crippen molar-refractivity contribution in [3.05, 3.63) is 116 Å². The van der Waals surface area contributed by atoms with E-state index in [2.05, 4.69) is 36.9 Å². The number of allylic oxidation sites excluding steroid dienone is 1. The van der Waals surface area contributed by atoms with E-state index in [1.54, 1.807) is 44.2 Å². The topological polar surface area (TPSA) is 117 Å². The summed E-state index contributed by atoms with van der Waals surface area (Å²) in [6.45, 7) is 3.63. The van der Waals surface area contributed by atoms with E-state index in [1.165, 1.54) is 10.6 Å². The smallest absolute Gasteiger partial charge is 0.338 e. The maximum atomic E-state index is 13.7. The van der Waals surface area contributed by atoms with Crippen LogP contribution in [0.3, 0.4) is 0 Å². The third-order valence-corrected chi connectivity index (χ3v) is 8.03. The number of furan rings is 1. The summed E-state index contributed by atoms with van der Waals surface area (Å²) >= 11 is 7.84. The number of nitro groups is 1. The molecule has 1 aliphatic rings. The van der Waals surface area contributed by atoms with E-state index in [0.717, 1.165) is 21.4 Å². The van der Waals surface area contributed by atoms with Gasteiger partial charge in [-0.05, 0) is 55.8 Å². The van der Waals surface area contributed by atoms with E-state index in [4.69, 9.17) is 9.15 Å². The minimum atomic E-state index is -0.729. The molecule has 0 spiro atoms. The molecule has 0 radical (unpaired) electrons. The normalized spacial score (nSPS) is 15.2. The van der Waals surface area contributed by atoms with Crippen LogP contribution in [0.15, 0.2) is 89.0 Å². The lowest BCUT2D eigenvalue weighted by molar-refractivity contribution is -0.384. The number of fused-ring (bicyclic) bond motifs is 1. The van der Waals surface area contributed by atoms with Gasteiger partial charge < -0.3 is 9.15 Å². The molecule has 198 valence electrons. The maximum absolute atomic E-state index is 13.7. The summed E-state index contributed by atoms with van der Waals surface area (Å²) < 4.78 is 14.5. The first-order valence-electron chi connectivity index (χ1n) is 11.7. The fourth-order valence-corrected chi connectivity index (χ4v) is 5.96. The zero-order chi connectivity index (χ0) is 27.8. The molecule has 5 rings (SSSR count). The van der Waals surface area contributed by atoms with Crippen molar-refractivity contribution in [2.24, 2.45) is 4.99 Å². The lowest BCUT2D eigenvalue weighted by atomic mass is 9.96. The Labute approximate surface area is 242 Å². The van der Waals surface area contributed by atoms with Crippen LogP contribution in [0.2, 0.25) is 0 Å².